The number of hydrogen-bond donors (Lipinski definition) is 0. The smallest absolute Gasteiger partial charge is 0.417 e. The minimum atomic E-state index is -4.85. The van der Waals surface area contributed by atoms with Crippen molar-refractivity contribution in [2.24, 2.45) is 0 Å². The van der Waals surface area contributed by atoms with Crippen molar-refractivity contribution >= 4 is 22.8 Å². The van der Waals surface area contributed by atoms with Gasteiger partial charge in [0, 0.05) is 57.5 Å². The third-order valence-electron chi connectivity index (χ3n) is 9.24. The summed E-state index contributed by atoms with van der Waals surface area (Å²) >= 11 is 0. The fourth-order valence-electron chi connectivity index (χ4n) is 6.86. The Hall–Kier alpha value is -4.82. The summed E-state index contributed by atoms with van der Waals surface area (Å²) in [6.45, 7) is 2.27. The first-order valence-corrected chi connectivity index (χ1v) is 16.3. The molecular formula is C35H34F6N4O5. The maximum atomic E-state index is 14.8. The number of piperidine rings is 2. The predicted octanol–water partition coefficient (Wildman–Crippen LogP) is 7.55. The lowest BCUT2D eigenvalue weighted by molar-refractivity contribution is -0.161. The third-order valence-corrected chi connectivity index (χ3v) is 9.24. The Labute approximate surface area is 283 Å². The van der Waals surface area contributed by atoms with E-state index in [2.05, 4.69) is 9.97 Å². The molecule has 2 fully saturated rings. The summed E-state index contributed by atoms with van der Waals surface area (Å²) < 4.78 is 100. The fourth-order valence-corrected chi connectivity index (χ4v) is 6.86. The number of aromatic nitrogens is 2. The molecule has 50 heavy (non-hydrogen) atoms. The molecule has 4 aromatic rings. The highest BCUT2D eigenvalue weighted by Gasteiger charge is 2.56. The van der Waals surface area contributed by atoms with Gasteiger partial charge in [0.05, 0.1) is 34.4 Å². The molecular weight excluding hydrogens is 670 g/mol. The van der Waals surface area contributed by atoms with Crippen molar-refractivity contribution in [1.82, 2.24) is 19.8 Å². The highest BCUT2D eigenvalue weighted by atomic mass is 19.4. The van der Waals surface area contributed by atoms with Crippen LogP contribution in [0.4, 0.5) is 26.3 Å². The zero-order chi connectivity index (χ0) is 35.7. The van der Waals surface area contributed by atoms with Crippen LogP contribution >= 0.6 is 0 Å². The molecule has 0 bridgehead atoms. The lowest BCUT2D eigenvalue weighted by Gasteiger charge is -2.50. The number of furan rings is 1. The van der Waals surface area contributed by atoms with Crippen molar-refractivity contribution in [3.05, 3.63) is 84.0 Å². The Morgan fingerprint density at radius 3 is 2.38 bits per heavy atom. The number of halogens is 6. The van der Waals surface area contributed by atoms with Gasteiger partial charge in [-0.3, -0.25) is 14.6 Å². The van der Waals surface area contributed by atoms with Crippen LogP contribution in [0.2, 0.25) is 0 Å². The topological polar surface area (TPSA) is 98.0 Å². The molecule has 0 unspecified atom stereocenters. The summed E-state index contributed by atoms with van der Waals surface area (Å²) in [6.07, 6.45) is -3.23. The van der Waals surface area contributed by atoms with Crippen LogP contribution in [-0.2, 0) is 17.1 Å². The van der Waals surface area contributed by atoms with Crippen LogP contribution in [0.15, 0.2) is 71.7 Å². The molecule has 2 amide bonds. The number of hydrogen-bond acceptors (Lipinski definition) is 7. The second-order valence-electron chi connectivity index (χ2n) is 12.4. The first kappa shape index (κ1) is 35.0. The van der Waals surface area contributed by atoms with Crippen LogP contribution in [0.25, 0.3) is 11.0 Å². The van der Waals surface area contributed by atoms with Crippen molar-refractivity contribution in [3.8, 4) is 11.6 Å². The summed E-state index contributed by atoms with van der Waals surface area (Å²) in [7, 11) is 0. The number of amides is 2. The Bertz CT molecular complexity index is 1820. The highest BCUT2D eigenvalue weighted by Crippen LogP contribution is 2.41. The maximum Gasteiger partial charge on any atom is 0.417 e. The number of benzene rings is 1. The van der Waals surface area contributed by atoms with E-state index in [-0.39, 0.29) is 50.8 Å². The van der Waals surface area contributed by atoms with Crippen molar-refractivity contribution < 1.29 is 49.8 Å². The Balaban J connectivity index is 1.32. The summed E-state index contributed by atoms with van der Waals surface area (Å²) in [6, 6.07) is 6.99. The molecule has 6 rings (SSSR count). The number of carbonyl (C=O) groups excluding carboxylic acids is 2. The summed E-state index contributed by atoms with van der Waals surface area (Å²) in [5.74, 6) is -1.13. The number of ether oxygens (including phenoxy) is 2. The molecule has 2 aliphatic rings. The lowest BCUT2D eigenvalue weighted by atomic mass is 9.79. The van der Waals surface area contributed by atoms with Gasteiger partial charge in [-0.15, -0.1) is 0 Å². The molecule has 0 aliphatic carbocycles. The molecule has 2 saturated heterocycles. The first-order chi connectivity index (χ1) is 23.8. The lowest BCUT2D eigenvalue weighted by Crippen LogP contribution is -2.68. The van der Waals surface area contributed by atoms with E-state index < -0.39 is 52.5 Å². The monoisotopic (exact) mass is 704 g/mol. The normalized spacial score (nSPS) is 20.6. The molecule has 15 heteroatoms. The Kier molecular flexibility index (Phi) is 9.69. The predicted molar refractivity (Wildman–Crippen MR) is 167 cm³/mol. The van der Waals surface area contributed by atoms with Gasteiger partial charge < -0.3 is 23.7 Å². The summed E-state index contributed by atoms with van der Waals surface area (Å²) in [5.41, 5.74) is -3.96. The van der Waals surface area contributed by atoms with Crippen LogP contribution in [0.1, 0.15) is 66.9 Å². The van der Waals surface area contributed by atoms with Gasteiger partial charge in [0.25, 0.3) is 11.8 Å². The quantitative estimate of drug-likeness (QED) is 0.175. The van der Waals surface area contributed by atoms with E-state index in [4.69, 9.17) is 13.9 Å². The Morgan fingerprint density at radius 2 is 1.70 bits per heavy atom. The van der Waals surface area contributed by atoms with Crippen LogP contribution in [0, 0.1) is 0 Å². The van der Waals surface area contributed by atoms with E-state index >= 15 is 0 Å². The molecule has 2 atom stereocenters. The van der Waals surface area contributed by atoms with E-state index in [0.29, 0.717) is 36.1 Å². The van der Waals surface area contributed by atoms with Crippen molar-refractivity contribution in [2.75, 3.05) is 19.6 Å². The zero-order valence-electron chi connectivity index (χ0n) is 27.0. The SMILES string of the molecule is CCC[C@H]1N(C(=O)c2cnccc2C(F)(F)F)CCC[C@@]1(Oc1ccc(C(F)(F)F)cc1)C(=O)N1CCC(Oc2nccc3occc23)CC1. The largest absolute Gasteiger partial charge is 0.475 e. The van der Waals surface area contributed by atoms with Gasteiger partial charge >= 0.3 is 12.4 Å². The van der Waals surface area contributed by atoms with Crippen molar-refractivity contribution in [2.45, 2.75) is 75.5 Å². The van der Waals surface area contributed by atoms with Gasteiger partial charge in [0.15, 0.2) is 0 Å². The maximum absolute atomic E-state index is 14.8. The molecule has 0 N–H and O–H groups in total. The van der Waals surface area contributed by atoms with Crippen molar-refractivity contribution in [3.63, 3.8) is 0 Å². The highest BCUT2D eigenvalue weighted by molar-refractivity contribution is 5.97. The fraction of sp³-hybridized carbons (Fsp3) is 0.429. The average molecular weight is 705 g/mol. The molecule has 0 spiro atoms. The van der Waals surface area contributed by atoms with Crippen LogP contribution in [0.5, 0.6) is 11.6 Å². The van der Waals surface area contributed by atoms with E-state index in [9.17, 15) is 35.9 Å². The molecule has 266 valence electrons. The number of nitrogens with zero attached hydrogens (tertiary/aromatic N) is 4. The molecule has 0 radical (unpaired) electrons. The second-order valence-corrected chi connectivity index (χ2v) is 12.4. The average Bonchev–Trinajstić information content (AvgIpc) is 3.59. The minimum Gasteiger partial charge on any atom is -0.475 e. The van der Waals surface area contributed by atoms with Crippen molar-refractivity contribution in [1.29, 1.82) is 0 Å². The van der Waals surface area contributed by atoms with E-state index in [0.717, 1.165) is 42.7 Å². The number of alkyl halides is 6. The van der Waals surface area contributed by atoms with Gasteiger partial charge in [-0.05, 0) is 55.3 Å². The number of fused-ring (bicyclic) bond motifs is 1. The van der Waals surface area contributed by atoms with Gasteiger partial charge in [0.2, 0.25) is 11.5 Å². The van der Waals surface area contributed by atoms with Gasteiger partial charge in [-0.1, -0.05) is 13.3 Å². The second kappa shape index (κ2) is 13.8. The zero-order valence-corrected chi connectivity index (χ0v) is 27.0. The van der Waals surface area contributed by atoms with E-state index in [1.54, 1.807) is 30.2 Å². The molecule has 3 aromatic heterocycles. The molecule has 0 saturated carbocycles. The standard InChI is InChI=1S/C35H34F6N4O5/c1-2-4-29-33(50-24-7-5-22(6-8-24)34(36,37)38,14-3-17-45(29)31(46)26-21-42-15-9-27(26)35(39,40)41)32(47)44-18-11-23(12-19-44)49-30-25-13-20-48-28(25)10-16-43-30/h5-10,13,15-16,20-21,23,29H,2-4,11-12,14,17-19H2,1H3/t29-,33+/m1/s1. The molecule has 1 aromatic carbocycles. The van der Waals surface area contributed by atoms with Gasteiger partial charge in [0.1, 0.15) is 17.4 Å². The number of rotatable bonds is 8. The Morgan fingerprint density at radius 1 is 0.960 bits per heavy atom. The van der Waals surface area contributed by atoms with Gasteiger partial charge in [-0.25, -0.2) is 4.98 Å². The molecule has 2 aliphatic heterocycles. The molecule has 5 heterocycles. The summed E-state index contributed by atoms with van der Waals surface area (Å²) in [5, 5.41) is 0.701. The van der Waals surface area contributed by atoms with Crippen LogP contribution in [0.3, 0.4) is 0 Å². The number of carbonyl (C=O) groups is 2. The minimum absolute atomic E-state index is 0.0313. The van der Waals surface area contributed by atoms with Crippen LogP contribution < -0.4 is 9.47 Å². The first-order valence-electron chi connectivity index (χ1n) is 16.3. The molecule has 9 nitrogen and oxygen atoms in total. The van der Waals surface area contributed by atoms with E-state index in [1.165, 1.54) is 11.2 Å². The number of likely N-dealkylation sites (tertiary alicyclic amines) is 2. The number of pyridine rings is 2. The third kappa shape index (κ3) is 6.94. The van der Waals surface area contributed by atoms with Gasteiger partial charge in [-0.2, -0.15) is 26.3 Å². The summed E-state index contributed by atoms with van der Waals surface area (Å²) in [4.78, 5) is 39.6. The van der Waals surface area contributed by atoms with Crippen LogP contribution in [-0.4, -0.2) is 69.0 Å². The van der Waals surface area contributed by atoms with E-state index in [1.807, 2.05) is 0 Å².